The highest BCUT2D eigenvalue weighted by atomic mass is 32.2. The van der Waals surface area contributed by atoms with E-state index in [4.69, 9.17) is 9.47 Å². The normalized spacial score (nSPS) is 16.4. The van der Waals surface area contributed by atoms with Crippen molar-refractivity contribution >= 4 is 32.4 Å². The molecule has 0 spiro atoms. The number of benzene rings is 2. The number of carbonyl (C=O) groups is 1. The minimum absolute atomic E-state index is 0.127. The lowest BCUT2D eigenvalue weighted by Crippen LogP contribution is -2.40. The van der Waals surface area contributed by atoms with E-state index in [-0.39, 0.29) is 21.7 Å². The van der Waals surface area contributed by atoms with Crippen LogP contribution in [0.5, 0.6) is 5.75 Å². The number of anilines is 1. The molecule has 1 fully saturated rings. The molecule has 0 amide bonds. The summed E-state index contributed by atoms with van der Waals surface area (Å²) in [7, 11) is -2.29. The Kier molecular flexibility index (Phi) is 7.07. The Bertz CT molecular complexity index is 1290. The van der Waals surface area contributed by atoms with Gasteiger partial charge in [0, 0.05) is 24.7 Å². The summed E-state index contributed by atoms with van der Waals surface area (Å²) in [6, 6.07) is 12.4. The number of hydrogen-bond donors (Lipinski definition) is 0. The van der Waals surface area contributed by atoms with Crippen LogP contribution in [0, 0.1) is 5.92 Å². The van der Waals surface area contributed by atoms with Crippen molar-refractivity contribution in [1.29, 1.82) is 0 Å². The summed E-state index contributed by atoms with van der Waals surface area (Å²) in [6.07, 6.45) is 3.72. The number of pyridine rings is 1. The zero-order valence-corrected chi connectivity index (χ0v) is 20.6. The topological polar surface area (TPSA) is 85.8 Å². The fourth-order valence-corrected chi connectivity index (χ4v) is 5.89. The Labute approximate surface area is 200 Å². The smallest absolute Gasteiger partial charge is 0.310 e. The minimum Gasteiger partial charge on any atom is -0.497 e. The van der Waals surface area contributed by atoms with Crippen LogP contribution >= 0.6 is 0 Å². The number of methoxy groups -OCH3 is 1. The third-order valence-electron chi connectivity index (χ3n) is 6.30. The molecule has 3 aromatic rings. The highest BCUT2D eigenvalue weighted by Crippen LogP contribution is 2.39. The van der Waals surface area contributed by atoms with Crippen molar-refractivity contribution in [2.75, 3.05) is 31.7 Å². The number of piperidine rings is 1. The minimum atomic E-state index is -3.86. The number of sulfone groups is 1. The second-order valence-electron chi connectivity index (χ2n) is 8.39. The first-order valence-electron chi connectivity index (χ1n) is 11.6. The Morgan fingerprint density at radius 2 is 1.91 bits per heavy atom. The van der Waals surface area contributed by atoms with E-state index in [1.54, 1.807) is 32.2 Å². The number of esters is 1. The largest absolute Gasteiger partial charge is 0.497 e. The van der Waals surface area contributed by atoms with Crippen LogP contribution < -0.4 is 9.64 Å². The van der Waals surface area contributed by atoms with Gasteiger partial charge in [0.15, 0.2) is 0 Å². The lowest BCUT2D eigenvalue weighted by molar-refractivity contribution is -0.148. The fourth-order valence-electron chi connectivity index (χ4n) is 4.45. The molecule has 2 heterocycles. The van der Waals surface area contributed by atoms with Gasteiger partial charge in [-0.2, -0.15) is 0 Å². The standard InChI is InChI=1S/C26H30N2O5S/c1-4-18-8-11-21(12-9-18)34(30,31)24-16-27-23-13-10-20(32-3)15-22(23)25(24)28-14-6-7-19(17-28)26(29)33-5-2/h8-13,15-16,19H,4-7,14,17H2,1-3H3/t19-/m0/s1. The van der Waals surface area contributed by atoms with Gasteiger partial charge in [-0.15, -0.1) is 0 Å². The fraction of sp³-hybridized carbons (Fsp3) is 0.385. The van der Waals surface area contributed by atoms with E-state index in [1.807, 2.05) is 36.1 Å². The van der Waals surface area contributed by atoms with Crippen molar-refractivity contribution in [2.45, 2.75) is 42.9 Å². The molecule has 0 radical (unpaired) electrons. The molecule has 1 atom stereocenters. The molecule has 0 unspecified atom stereocenters. The lowest BCUT2D eigenvalue weighted by atomic mass is 9.97. The van der Waals surface area contributed by atoms with Gasteiger partial charge in [0.1, 0.15) is 10.6 Å². The Balaban J connectivity index is 1.88. The maximum Gasteiger partial charge on any atom is 0.310 e. The predicted octanol–water partition coefficient (Wildman–Crippen LogP) is 4.42. The van der Waals surface area contributed by atoms with Gasteiger partial charge in [-0.25, -0.2) is 8.42 Å². The Morgan fingerprint density at radius 1 is 1.15 bits per heavy atom. The number of hydrogen-bond acceptors (Lipinski definition) is 7. The molecular formula is C26H30N2O5S. The van der Waals surface area contributed by atoms with E-state index in [0.29, 0.717) is 48.5 Å². The third-order valence-corrected chi connectivity index (χ3v) is 8.07. The molecule has 4 rings (SSSR count). The number of aromatic nitrogens is 1. The van der Waals surface area contributed by atoms with Crippen molar-refractivity contribution in [3.8, 4) is 5.75 Å². The van der Waals surface area contributed by atoms with Crippen molar-refractivity contribution in [1.82, 2.24) is 4.98 Å². The molecular weight excluding hydrogens is 452 g/mol. The van der Waals surface area contributed by atoms with E-state index >= 15 is 0 Å². The summed E-state index contributed by atoms with van der Waals surface area (Å²) in [4.78, 5) is 19.3. The molecule has 1 saturated heterocycles. The first kappa shape index (κ1) is 24.0. The first-order chi connectivity index (χ1) is 16.4. The van der Waals surface area contributed by atoms with Gasteiger partial charge < -0.3 is 14.4 Å². The van der Waals surface area contributed by atoms with Crippen molar-refractivity contribution in [3.63, 3.8) is 0 Å². The quantitative estimate of drug-likeness (QED) is 0.461. The molecule has 0 saturated carbocycles. The molecule has 7 nitrogen and oxygen atoms in total. The molecule has 8 heteroatoms. The van der Waals surface area contributed by atoms with Crippen LogP contribution in [0.3, 0.4) is 0 Å². The number of fused-ring (bicyclic) bond motifs is 1. The van der Waals surface area contributed by atoms with E-state index in [1.165, 1.54) is 6.20 Å². The van der Waals surface area contributed by atoms with Gasteiger partial charge in [0.05, 0.1) is 35.7 Å². The van der Waals surface area contributed by atoms with Crippen LogP contribution in [0.1, 0.15) is 32.3 Å². The zero-order chi connectivity index (χ0) is 24.3. The molecule has 1 aromatic heterocycles. The van der Waals surface area contributed by atoms with Gasteiger partial charge in [-0.1, -0.05) is 19.1 Å². The molecule has 34 heavy (non-hydrogen) atoms. The second-order valence-corrected chi connectivity index (χ2v) is 10.3. The molecule has 1 aliphatic heterocycles. The van der Waals surface area contributed by atoms with E-state index in [0.717, 1.165) is 18.4 Å². The summed E-state index contributed by atoms with van der Waals surface area (Å²) in [5.74, 6) is 0.0426. The molecule has 2 aromatic carbocycles. The number of rotatable bonds is 7. The van der Waals surface area contributed by atoms with Crippen molar-refractivity contribution < 1.29 is 22.7 Å². The predicted molar refractivity (Wildman–Crippen MR) is 131 cm³/mol. The zero-order valence-electron chi connectivity index (χ0n) is 19.8. The number of carbonyl (C=O) groups excluding carboxylic acids is 1. The molecule has 1 aliphatic rings. The highest BCUT2D eigenvalue weighted by Gasteiger charge is 2.32. The summed E-state index contributed by atoms with van der Waals surface area (Å²) in [5, 5.41) is 0.676. The van der Waals surface area contributed by atoms with Gasteiger partial charge >= 0.3 is 5.97 Å². The van der Waals surface area contributed by atoms with Crippen LogP contribution in [0.4, 0.5) is 5.69 Å². The maximum absolute atomic E-state index is 13.8. The van der Waals surface area contributed by atoms with Crippen molar-refractivity contribution in [3.05, 3.63) is 54.2 Å². The second kappa shape index (κ2) is 10.0. The van der Waals surface area contributed by atoms with Crippen LogP contribution in [0.15, 0.2) is 58.5 Å². The van der Waals surface area contributed by atoms with Gasteiger partial charge in [0.2, 0.25) is 9.84 Å². The van der Waals surface area contributed by atoms with Gasteiger partial charge in [0.25, 0.3) is 0 Å². The first-order valence-corrected chi connectivity index (χ1v) is 13.1. The maximum atomic E-state index is 13.8. The van der Waals surface area contributed by atoms with Crippen LogP contribution in [-0.2, 0) is 25.8 Å². The van der Waals surface area contributed by atoms with Crippen LogP contribution in [0.2, 0.25) is 0 Å². The molecule has 180 valence electrons. The summed E-state index contributed by atoms with van der Waals surface area (Å²) >= 11 is 0. The molecule has 0 N–H and O–H groups in total. The lowest BCUT2D eigenvalue weighted by Gasteiger charge is -2.35. The average molecular weight is 483 g/mol. The Morgan fingerprint density at radius 3 is 2.59 bits per heavy atom. The van der Waals surface area contributed by atoms with Crippen LogP contribution in [-0.4, -0.2) is 46.2 Å². The summed E-state index contributed by atoms with van der Waals surface area (Å²) in [5.41, 5.74) is 2.28. The van der Waals surface area contributed by atoms with Gasteiger partial charge in [-0.3, -0.25) is 9.78 Å². The number of ether oxygens (including phenoxy) is 2. The van der Waals surface area contributed by atoms with Gasteiger partial charge in [-0.05, 0) is 62.1 Å². The van der Waals surface area contributed by atoms with Crippen molar-refractivity contribution in [2.24, 2.45) is 5.92 Å². The van der Waals surface area contributed by atoms with Crippen LogP contribution in [0.25, 0.3) is 10.9 Å². The number of aryl methyl sites for hydroxylation is 1. The third kappa shape index (κ3) is 4.59. The van der Waals surface area contributed by atoms with E-state index in [2.05, 4.69) is 4.98 Å². The monoisotopic (exact) mass is 482 g/mol. The SMILES string of the molecule is CCOC(=O)[C@H]1CCCN(c2c(S(=O)(=O)c3ccc(CC)cc3)cnc3ccc(OC)cc23)C1. The van der Waals surface area contributed by atoms with E-state index in [9.17, 15) is 13.2 Å². The highest BCUT2D eigenvalue weighted by molar-refractivity contribution is 7.91. The Hall–Kier alpha value is -3.13. The molecule has 0 aliphatic carbocycles. The summed E-state index contributed by atoms with van der Waals surface area (Å²) < 4.78 is 38.3. The number of nitrogens with zero attached hydrogens (tertiary/aromatic N) is 2. The van der Waals surface area contributed by atoms with E-state index < -0.39 is 9.84 Å². The molecule has 0 bridgehead atoms. The summed E-state index contributed by atoms with van der Waals surface area (Å²) in [6.45, 7) is 5.14. The average Bonchev–Trinajstić information content (AvgIpc) is 2.87.